The molecule has 4 nitrogen and oxygen atoms in total. The number of benzene rings is 1. The number of para-hydroxylation sites is 1. The molecule has 0 saturated carbocycles. The quantitative estimate of drug-likeness (QED) is 0.783. The fraction of sp³-hybridized carbons (Fsp3) is 0.417. The lowest BCUT2D eigenvalue weighted by Gasteiger charge is -2.11. The molecule has 1 aromatic carbocycles. The van der Waals surface area contributed by atoms with E-state index < -0.39 is 0 Å². The van der Waals surface area contributed by atoms with Gasteiger partial charge >= 0.3 is 0 Å². The molecule has 0 bridgehead atoms. The Hall–Kier alpha value is -1.55. The molecule has 4 heteroatoms. The average molecular weight is 221 g/mol. The van der Waals surface area contributed by atoms with Crippen LogP contribution in [0.15, 0.2) is 18.2 Å². The van der Waals surface area contributed by atoms with Gasteiger partial charge in [0.25, 0.3) is 0 Å². The van der Waals surface area contributed by atoms with E-state index in [0.29, 0.717) is 43.2 Å². The number of Topliss-reactive ketones (excluding diaryl/α,β-unsaturated/α-hetero) is 1. The summed E-state index contributed by atoms with van der Waals surface area (Å²) in [5, 5.41) is 0. The Kier molecular flexibility index (Phi) is 3.41. The number of carbonyl (C=O) groups is 1. The number of rotatable bonds is 3. The van der Waals surface area contributed by atoms with Gasteiger partial charge in [-0.25, -0.2) is 0 Å². The van der Waals surface area contributed by atoms with Crippen LogP contribution in [0.25, 0.3) is 0 Å². The van der Waals surface area contributed by atoms with E-state index in [-0.39, 0.29) is 5.78 Å². The van der Waals surface area contributed by atoms with Crippen molar-refractivity contribution in [2.45, 2.75) is 12.8 Å². The Balaban J connectivity index is 2.34. The number of nitrogens with two attached hydrogens (primary N) is 1. The molecule has 2 N–H and O–H groups in total. The second-order valence-corrected chi connectivity index (χ2v) is 3.65. The van der Waals surface area contributed by atoms with E-state index in [1.54, 1.807) is 12.1 Å². The first kappa shape index (κ1) is 11.0. The standard InChI is InChI=1S/C12H15NO3/c13-6-5-10(14)9-3-1-4-11-12(9)16-8-2-7-15-11/h1,3-4H,2,5-8,13H2. The highest BCUT2D eigenvalue weighted by Crippen LogP contribution is 2.33. The predicted molar refractivity (Wildman–Crippen MR) is 60.1 cm³/mol. The molecule has 2 rings (SSSR count). The van der Waals surface area contributed by atoms with Gasteiger partial charge in [-0.1, -0.05) is 6.07 Å². The molecule has 0 atom stereocenters. The molecule has 0 aliphatic carbocycles. The molecule has 0 saturated heterocycles. The van der Waals surface area contributed by atoms with E-state index in [0.717, 1.165) is 6.42 Å². The van der Waals surface area contributed by atoms with Crippen LogP contribution in [-0.4, -0.2) is 25.5 Å². The Morgan fingerprint density at radius 1 is 1.31 bits per heavy atom. The van der Waals surface area contributed by atoms with Crippen LogP contribution in [0.5, 0.6) is 11.5 Å². The van der Waals surface area contributed by atoms with E-state index >= 15 is 0 Å². The molecule has 0 amide bonds. The van der Waals surface area contributed by atoms with Crippen molar-refractivity contribution in [2.75, 3.05) is 19.8 Å². The van der Waals surface area contributed by atoms with E-state index in [1.807, 2.05) is 6.07 Å². The minimum Gasteiger partial charge on any atom is -0.490 e. The van der Waals surface area contributed by atoms with Crippen molar-refractivity contribution in [3.63, 3.8) is 0 Å². The normalized spacial score (nSPS) is 14.3. The zero-order valence-electron chi connectivity index (χ0n) is 9.07. The third-order valence-corrected chi connectivity index (χ3v) is 2.44. The van der Waals surface area contributed by atoms with Gasteiger partial charge in [0.15, 0.2) is 17.3 Å². The number of hydrogen-bond acceptors (Lipinski definition) is 4. The Morgan fingerprint density at radius 2 is 2.12 bits per heavy atom. The van der Waals surface area contributed by atoms with Gasteiger partial charge in [-0.05, 0) is 18.7 Å². The highest BCUT2D eigenvalue weighted by molar-refractivity contribution is 5.99. The molecule has 1 aliphatic rings. The lowest BCUT2D eigenvalue weighted by molar-refractivity contribution is 0.0981. The smallest absolute Gasteiger partial charge is 0.171 e. The number of carbonyl (C=O) groups excluding carboxylic acids is 1. The topological polar surface area (TPSA) is 61.6 Å². The Morgan fingerprint density at radius 3 is 2.94 bits per heavy atom. The predicted octanol–water partition coefficient (Wildman–Crippen LogP) is 1.38. The van der Waals surface area contributed by atoms with Gasteiger partial charge in [-0.3, -0.25) is 4.79 Å². The SMILES string of the molecule is NCCC(=O)c1cccc2c1OCCCO2. The minimum absolute atomic E-state index is 0.00449. The van der Waals surface area contributed by atoms with Crippen LogP contribution < -0.4 is 15.2 Å². The molecular formula is C12H15NO3. The van der Waals surface area contributed by atoms with Gasteiger partial charge in [0.05, 0.1) is 18.8 Å². The van der Waals surface area contributed by atoms with Crippen molar-refractivity contribution in [3.05, 3.63) is 23.8 Å². The molecule has 1 heterocycles. The van der Waals surface area contributed by atoms with Crippen molar-refractivity contribution in [3.8, 4) is 11.5 Å². The zero-order chi connectivity index (χ0) is 11.4. The second kappa shape index (κ2) is 4.99. The molecule has 0 fully saturated rings. The van der Waals surface area contributed by atoms with Crippen molar-refractivity contribution in [1.29, 1.82) is 0 Å². The van der Waals surface area contributed by atoms with E-state index in [2.05, 4.69) is 0 Å². The maximum Gasteiger partial charge on any atom is 0.171 e. The summed E-state index contributed by atoms with van der Waals surface area (Å²) in [7, 11) is 0. The van der Waals surface area contributed by atoms with Crippen LogP contribution in [-0.2, 0) is 0 Å². The monoisotopic (exact) mass is 221 g/mol. The van der Waals surface area contributed by atoms with Crippen LogP contribution >= 0.6 is 0 Å². The third-order valence-electron chi connectivity index (χ3n) is 2.44. The summed E-state index contributed by atoms with van der Waals surface area (Å²) < 4.78 is 11.1. The first-order valence-electron chi connectivity index (χ1n) is 5.45. The average Bonchev–Trinajstić information content (AvgIpc) is 2.53. The van der Waals surface area contributed by atoms with Gasteiger partial charge in [0.2, 0.25) is 0 Å². The molecule has 0 radical (unpaired) electrons. The summed E-state index contributed by atoms with van der Waals surface area (Å²) in [4.78, 5) is 11.8. The molecule has 0 spiro atoms. The second-order valence-electron chi connectivity index (χ2n) is 3.65. The Labute approximate surface area is 94.3 Å². The first-order chi connectivity index (χ1) is 7.83. The molecule has 1 aliphatic heterocycles. The summed E-state index contributed by atoms with van der Waals surface area (Å²) in [5.74, 6) is 1.23. The number of fused-ring (bicyclic) bond motifs is 1. The maximum absolute atomic E-state index is 11.8. The van der Waals surface area contributed by atoms with Crippen molar-refractivity contribution in [1.82, 2.24) is 0 Å². The van der Waals surface area contributed by atoms with Crippen LogP contribution in [0.1, 0.15) is 23.2 Å². The molecular weight excluding hydrogens is 206 g/mol. The summed E-state index contributed by atoms with van der Waals surface area (Å²) >= 11 is 0. The number of ether oxygens (including phenoxy) is 2. The van der Waals surface area contributed by atoms with Gasteiger partial charge in [-0.2, -0.15) is 0 Å². The van der Waals surface area contributed by atoms with Gasteiger partial charge in [-0.15, -0.1) is 0 Å². The molecule has 0 aromatic heterocycles. The first-order valence-corrected chi connectivity index (χ1v) is 5.45. The van der Waals surface area contributed by atoms with Crippen LogP contribution in [0.2, 0.25) is 0 Å². The van der Waals surface area contributed by atoms with Gasteiger partial charge < -0.3 is 15.2 Å². The van der Waals surface area contributed by atoms with Crippen molar-refractivity contribution in [2.24, 2.45) is 5.73 Å². The summed E-state index contributed by atoms with van der Waals surface area (Å²) in [5.41, 5.74) is 5.95. The van der Waals surface area contributed by atoms with Crippen molar-refractivity contribution < 1.29 is 14.3 Å². The lowest BCUT2D eigenvalue weighted by atomic mass is 10.1. The fourth-order valence-electron chi connectivity index (χ4n) is 1.68. The summed E-state index contributed by atoms with van der Waals surface area (Å²) in [6.45, 7) is 1.56. The zero-order valence-corrected chi connectivity index (χ0v) is 9.07. The minimum atomic E-state index is 0.00449. The van der Waals surface area contributed by atoms with E-state index in [4.69, 9.17) is 15.2 Å². The van der Waals surface area contributed by atoms with Crippen LogP contribution in [0.3, 0.4) is 0 Å². The van der Waals surface area contributed by atoms with Gasteiger partial charge in [0, 0.05) is 12.8 Å². The number of hydrogen-bond donors (Lipinski definition) is 1. The summed E-state index contributed by atoms with van der Waals surface area (Å²) in [6.07, 6.45) is 1.17. The van der Waals surface area contributed by atoms with Crippen molar-refractivity contribution >= 4 is 5.78 Å². The van der Waals surface area contributed by atoms with Crippen LogP contribution in [0.4, 0.5) is 0 Å². The largest absolute Gasteiger partial charge is 0.490 e. The maximum atomic E-state index is 11.8. The van der Waals surface area contributed by atoms with E-state index in [1.165, 1.54) is 0 Å². The summed E-state index contributed by atoms with van der Waals surface area (Å²) in [6, 6.07) is 5.38. The highest BCUT2D eigenvalue weighted by atomic mass is 16.5. The highest BCUT2D eigenvalue weighted by Gasteiger charge is 2.18. The number of ketones is 1. The molecule has 16 heavy (non-hydrogen) atoms. The van der Waals surface area contributed by atoms with Crippen LogP contribution in [0, 0.1) is 0 Å². The van der Waals surface area contributed by atoms with E-state index in [9.17, 15) is 4.79 Å². The molecule has 0 unspecified atom stereocenters. The van der Waals surface area contributed by atoms with Gasteiger partial charge in [0.1, 0.15) is 0 Å². The lowest BCUT2D eigenvalue weighted by Crippen LogP contribution is -2.10. The molecule has 1 aromatic rings. The molecule has 86 valence electrons. The fourth-order valence-corrected chi connectivity index (χ4v) is 1.68. The third kappa shape index (κ3) is 2.17. The Bertz CT molecular complexity index is 390.